The van der Waals surface area contributed by atoms with E-state index in [-0.39, 0.29) is 24.1 Å². The third kappa shape index (κ3) is 3.08. The maximum Gasteiger partial charge on any atom is 0.271 e. The molecule has 0 aromatic carbocycles. The third-order valence-corrected chi connectivity index (χ3v) is 4.04. The zero-order valence-corrected chi connectivity index (χ0v) is 13.4. The highest BCUT2D eigenvalue weighted by Crippen LogP contribution is 2.10. The van der Waals surface area contributed by atoms with Crippen molar-refractivity contribution in [1.29, 1.82) is 0 Å². The number of nitrogens with one attached hydrogen (secondary N) is 2. The van der Waals surface area contributed by atoms with E-state index >= 15 is 0 Å². The average molecular weight is 329 g/mol. The van der Waals surface area contributed by atoms with E-state index in [0.29, 0.717) is 11.3 Å². The van der Waals surface area contributed by atoms with E-state index in [1.54, 1.807) is 27.5 Å². The molecular weight excluding hydrogens is 310 g/mol. The molecule has 0 saturated carbocycles. The van der Waals surface area contributed by atoms with Crippen LogP contribution in [0.2, 0.25) is 0 Å². The van der Waals surface area contributed by atoms with Gasteiger partial charge in [0.2, 0.25) is 5.91 Å². The molecule has 3 amide bonds. The zero-order valence-electron chi connectivity index (χ0n) is 13.4. The number of fused-ring (bicyclic) bond motifs is 1. The van der Waals surface area contributed by atoms with Gasteiger partial charge in [0.05, 0.1) is 6.54 Å². The van der Waals surface area contributed by atoms with E-state index < -0.39 is 5.91 Å². The summed E-state index contributed by atoms with van der Waals surface area (Å²) in [7, 11) is 1.54. The van der Waals surface area contributed by atoms with Crippen LogP contribution in [0.1, 0.15) is 33.8 Å². The number of hydrogen-bond acceptors (Lipinski definition) is 4. The summed E-state index contributed by atoms with van der Waals surface area (Å²) in [6.45, 7) is 1.45. The van der Waals surface area contributed by atoms with Gasteiger partial charge in [-0.15, -0.1) is 0 Å². The molecule has 0 unspecified atom stereocenters. The van der Waals surface area contributed by atoms with Crippen LogP contribution in [0.15, 0.2) is 24.4 Å². The number of aromatic nitrogens is 2. The lowest BCUT2D eigenvalue weighted by molar-refractivity contribution is -0.129. The minimum Gasteiger partial charge on any atom is -0.354 e. The molecule has 8 nitrogen and oxygen atoms in total. The molecule has 1 aliphatic rings. The first-order chi connectivity index (χ1) is 11.6. The molecular formula is C16H19N5O3. The molecule has 0 bridgehead atoms. The summed E-state index contributed by atoms with van der Waals surface area (Å²) in [4.78, 5) is 42.0. The molecule has 126 valence electrons. The van der Waals surface area contributed by atoms with Gasteiger partial charge in [-0.2, -0.15) is 0 Å². The van der Waals surface area contributed by atoms with Gasteiger partial charge in [-0.25, -0.2) is 4.98 Å². The average Bonchev–Trinajstić information content (AvgIpc) is 3.27. The SMILES string of the molecule is CNC(=O)c1cccc2nc(C(=O)NCC(=O)N3CCCC3)cn12. The summed E-state index contributed by atoms with van der Waals surface area (Å²) in [5.41, 5.74) is 1.04. The molecule has 0 aliphatic carbocycles. The van der Waals surface area contributed by atoms with Crippen molar-refractivity contribution in [1.82, 2.24) is 24.9 Å². The first-order valence-electron chi connectivity index (χ1n) is 7.86. The molecule has 1 saturated heterocycles. The van der Waals surface area contributed by atoms with E-state index in [0.717, 1.165) is 25.9 Å². The Hall–Kier alpha value is -2.90. The molecule has 3 rings (SSSR count). The van der Waals surface area contributed by atoms with Gasteiger partial charge in [0.15, 0.2) is 0 Å². The first-order valence-corrected chi connectivity index (χ1v) is 7.86. The van der Waals surface area contributed by atoms with E-state index in [9.17, 15) is 14.4 Å². The first kappa shape index (κ1) is 16.0. The number of hydrogen-bond donors (Lipinski definition) is 2. The Balaban J connectivity index is 1.73. The fraction of sp³-hybridized carbons (Fsp3) is 0.375. The topological polar surface area (TPSA) is 95.8 Å². The number of carbonyl (C=O) groups excluding carboxylic acids is 3. The van der Waals surface area contributed by atoms with Crippen molar-refractivity contribution in [2.75, 3.05) is 26.7 Å². The van der Waals surface area contributed by atoms with Crippen LogP contribution in [0, 0.1) is 0 Å². The summed E-state index contributed by atoms with van der Waals surface area (Å²) in [5.74, 6) is -0.793. The lowest BCUT2D eigenvalue weighted by atomic mass is 10.3. The van der Waals surface area contributed by atoms with Crippen molar-refractivity contribution in [2.45, 2.75) is 12.8 Å². The second-order valence-electron chi connectivity index (χ2n) is 5.62. The van der Waals surface area contributed by atoms with Crippen LogP contribution >= 0.6 is 0 Å². The molecule has 1 fully saturated rings. The second kappa shape index (κ2) is 6.69. The highest BCUT2D eigenvalue weighted by Gasteiger charge is 2.20. The summed E-state index contributed by atoms with van der Waals surface area (Å²) in [6, 6.07) is 5.05. The Bertz CT molecular complexity index is 792. The lowest BCUT2D eigenvalue weighted by Crippen LogP contribution is -2.38. The smallest absolute Gasteiger partial charge is 0.271 e. The van der Waals surface area contributed by atoms with Crippen LogP contribution in [0.5, 0.6) is 0 Å². The predicted octanol–water partition coefficient (Wildman–Crippen LogP) is 0.0461. The van der Waals surface area contributed by atoms with E-state index in [1.807, 2.05) is 0 Å². The molecule has 2 N–H and O–H groups in total. The van der Waals surface area contributed by atoms with Gasteiger partial charge in [0.1, 0.15) is 17.0 Å². The molecule has 0 radical (unpaired) electrons. The van der Waals surface area contributed by atoms with Gasteiger partial charge in [-0.1, -0.05) is 6.07 Å². The lowest BCUT2D eigenvalue weighted by Gasteiger charge is -2.14. The van der Waals surface area contributed by atoms with E-state index in [1.165, 1.54) is 13.2 Å². The van der Waals surface area contributed by atoms with Crippen molar-refractivity contribution >= 4 is 23.4 Å². The number of likely N-dealkylation sites (tertiary alicyclic amines) is 1. The van der Waals surface area contributed by atoms with Gasteiger partial charge in [-0.3, -0.25) is 18.8 Å². The Morgan fingerprint density at radius 1 is 1.17 bits per heavy atom. The number of nitrogens with zero attached hydrogens (tertiary/aromatic N) is 3. The Morgan fingerprint density at radius 2 is 1.92 bits per heavy atom. The van der Waals surface area contributed by atoms with Crippen molar-refractivity contribution in [3.05, 3.63) is 35.8 Å². The number of imidazole rings is 1. The van der Waals surface area contributed by atoms with E-state index in [4.69, 9.17) is 0 Å². The molecule has 2 aromatic rings. The number of amides is 3. The van der Waals surface area contributed by atoms with Crippen LogP contribution in [-0.4, -0.2) is 58.7 Å². The number of carbonyl (C=O) groups is 3. The fourth-order valence-corrected chi connectivity index (χ4v) is 2.76. The standard InChI is InChI=1S/C16H19N5O3/c1-17-16(24)12-5-4-6-13-19-11(10-21(12)13)15(23)18-9-14(22)20-7-2-3-8-20/h4-6,10H,2-3,7-9H2,1H3,(H,17,24)(H,18,23). The maximum absolute atomic E-state index is 12.2. The quantitative estimate of drug-likeness (QED) is 0.828. The predicted molar refractivity (Wildman–Crippen MR) is 86.7 cm³/mol. The summed E-state index contributed by atoms with van der Waals surface area (Å²) in [5, 5.41) is 5.14. The van der Waals surface area contributed by atoms with Crippen molar-refractivity contribution < 1.29 is 14.4 Å². The molecule has 2 aromatic heterocycles. The van der Waals surface area contributed by atoms with Gasteiger partial charge < -0.3 is 15.5 Å². The summed E-state index contributed by atoms with van der Waals surface area (Å²) in [6.07, 6.45) is 3.51. The molecule has 24 heavy (non-hydrogen) atoms. The second-order valence-corrected chi connectivity index (χ2v) is 5.62. The molecule has 8 heteroatoms. The van der Waals surface area contributed by atoms with Gasteiger partial charge >= 0.3 is 0 Å². The molecule has 0 atom stereocenters. The normalized spacial score (nSPS) is 14.0. The van der Waals surface area contributed by atoms with Crippen LogP contribution in [-0.2, 0) is 4.79 Å². The van der Waals surface area contributed by atoms with Crippen LogP contribution < -0.4 is 10.6 Å². The Morgan fingerprint density at radius 3 is 2.62 bits per heavy atom. The van der Waals surface area contributed by atoms with Gasteiger partial charge in [-0.05, 0) is 25.0 Å². The summed E-state index contributed by atoms with van der Waals surface area (Å²) >= 11 is 0. The Labute approximate surface area is 138 Å². The highest BCUT2D eigenvalue weighted by molar-refractivity contribution is 5.96. The van der Waals surface area contributed by atoms with Crippen molar-refractivity contribution in [3.8, 4) is 0 Å². The third-order valence-electron chi connectivity index (χ3n) is 4.04. The minimum atomic E-state index is -0.436. The monoisotopic (exact) mass is 329 g/mol. The van der Waals surface area contributed by atoms with Crippen LogP contribution in [0.3, 0.4) is 0 Å². The molecule has 3 heterocycles. The molecule has 1 aliphatic heterocycles. The van der Waals surface area contributed by atoms with Crippen LogP contribution in [0.25, 0.3) is 5.65 Å². The maximum atomic E-state index is 12.2. The molecule has 0 spiro atoms. The summed E-state index contributed by atoms with van der Waals surface area (Å²) < 4.78 is 1.55. The van der Waals surface area contributed by atoms with Gasteiger partial charge in [0.25, 0.3) is 11.8 Å². The Kier molecular flexibility index (Phi) is 4.45. The highest BCUT2D eigenvalue weighted by atomic mass is 16.2. The van der Waals surface area contributed by atoms with E-state index in [2.05, 4.69) is 15.6 Å². The van der Waals surface area contributed by atoms with Crippen molar-refractivity contribution in [2.24, 2.45) is 0 Å². The number of rotatable bonds is 4. The van der Waals surface area contributed by atoms with Gasteiger partial charge in [0, 0.05) is 26.3 Å². The zero-order chi connectivity index (χ0) is 17.1. The van der Waals surface area contributed by atoms with Crippen LogP contribution in [0.4, 0.5) is 0 Å². The minimum absolute atomic E-state index is 0.0466. The van der Waals surface area contributed by atoms with Crippen molar-refractivity contribution in [3.63, 3.8) is 0 Å². The largest absolute Gasteiger partial charge is 0.354 e. The fourth-order valence-electron chi connectivity index (χ4n) is 2.76. The number of pyridine rings is 1.